The van der Waals surface area contributed by atoms with Crippen molar-refractivity contribution in [2.75, 3.05) is 33.7 Å². The Bertz CT molecular complexity index is 433. The number of hydrogen-bond donors (Lipinski definition) is 1. The lowest BCUT2D eigenvalue weighted by Gasteiger charge is -2.38. The first-order chi connectivity index (χ1) is 10.1. The van der Waals surface area contributed by atoms with E-state index in [9.17, 15) is 4.79 Å². The minimum absolute atomic E-state index is 0.0314. The molecule has 0 aliphatic carbocycles. The minimum Gasteiger partial charge on any atom is -0.354 e. The highest BCUT2D eigenvalue weighted by Crippen LogP contribution is 2.16. The normalized spacial score (nSPS) is 21.4. The maximum absolute atomic E-state index is 12.3. The quantitative estimate of drug-likeness (QED) is 0.871. The van der Waals surface area contributed by atoms with Gasteiger partial charge in [0.05, 0.1) is 6.04 Å². The van der Waals surface area contributed by atoms with Crippen LogP contribution >= 0.6 is 11.3 Å². The molecule has 2 heterocycles. The van der Waals surface area contributed by atoms with Crippen molar-refractivity contribution >= 4 is 17.2 Å². The van der Waals surface area contributed by atoms with E-state index in [1.165, 1.54) is 17.7 Å². The molecule has 1 aromatic heterocycles. The van der Waals surface area contributed by atoms with Gasteiger partial charge in [-0.2, -0.15) is 0 Å². The van der Waals surface area contributed by atoms with Crippen LogP contribution in [0, 0.1) is 0 Å². The van der Waals surface area contributed by atoms with E-state index in [4.69, 9.17) is 0 Å². The van der Waals surface area contributed by atoms with Gasteiger partial charge in [0, 0.05) is 24.0 Å². The van der Waals surface area contributed by atoms with Gasteiger partial charge >= 0.3 is 0 Å². The van der Waals surface area contributed by atoms with Crippen LogP contribution in [0.5, 0.6) is 0 Å². The second-order valence-corrected chi connectivity index (χ2v) is 7.08. The van der Waals surface area contributed by atoms with Gasteiger partial charge in [0.15, 0.2) is 0 Å². The Kier molecular flexibility index (Phi) is 6.21. The molecule has 2 atom stereocenters. The van der Waals surface area contributed by atoms with Gasteiger partial charge in [0.1, 0.15) is 0 Å². The average Bonchev–Trinajstić information content (AvgIpc) is 2.99. The first-order valence-electron chi connectivity index (χ1n) is 7.78. The SMILES string of the molecule is CC(C(=O)NCCc1cccs1)N1CCCC(N(C)C)C1. The van der Waals surface area contributed by atoms with E-state index >= 15 is 0 Å². The van der Waals surface area contributed by atoms with Crippen LogP contribution in [0.3, 0.4) is 0 Å². The number of carbonyl (C=O) groups is 1. The number of piperidine rings is 1. The highest BCUT2D eigenvalue weighted by atomic mass is 32.1. The third kappa shape index (κ3) is 4.80. The number of nitrogens with one attached hydrogen (secondary N) is 1. The summed E-state index contributed by atoms with van der Waals surface area (Å²) >= 11 is 1.75. The fourth-order valence-electron chi connectivity index (χ4n) is 2.83. The van der Waals surface area contributed by atoms with E-state index in [1.54, 1.807) is 11.3 Å². The van der Waals surface area contributed by atoms with Crippen molar-refractivity contribution in [2.24, 2.45) is 0 Å². The Hall–Kier alpha value is -0.910. The summed E-state index contributed by atoms with van der Waals surface area (Å²) in [5.74, 6) is 0.158. The molecule has 2 rings (SSSR count). The number of hydrogen-bond acceptors (Lipinski definition) is 4. The molecule has 1 aliphatic heterocycles. The smallest absolute Gasteiger partial charge is 0.237 e. The lowest BCUT2D eigenvalue weighted by Crippen LogP contribution is -2.53. The van der Waals surface area contributed by atoms with Gasteiger partial charge in [0.2, 0.25) is 5.91 Å². The molecule has 5 heteroatoms. The summed E-state index contributed by atoms with van der Waals surface area (Å²) in [6.07, 6.45) is 3.34. The highest BCUT2D eigenvalue weighted by Gasteiger charge is 2.27. The summed E-state index contributed by atoms with van der Waals surface area (Å²) in [7, 11) is 4.25. The molecule has 118 valence electrons. The van der Waals surface area contributed by atoms with E-state index in [0.717, 1.165) is 26.1 Å². The summed E-state index contributed by atoms with van der Waals surface area (Å²) in [5, 5.41) is 5.15. The number of likely N-dealkylation sites (N-methyl/N-ethyl adjacent to an activating group) is 1. The molecule has 4 nitrogen and oxygen atoms in total. The van der Waals surface area contributed by atoms with Crippen molar-refractivity contribution in [3.63, 3.8) is 0 Å². The van der Waals surface area contributed by atoms with Crippen LogP contribution in [0.1, 0.15) is 24.6 Å². The molecule has 1 amide bonds. The topological polar surface area (TPSA) is 35.6 Å². The van der Waals surface area contributed by atoms with Crippen LogP contribution in [0.2, 0.25) is 0 Å². The van der Waals surface area contributed by atoms with Crippen molar-refractivity contribution in [3.8, 4) is 0 Å². The number of nitrogens with zero attached hydrogens (tertiary/aromatic N) is 2. The number of rotatable bonds is 6. The van der Waals surface area contributed by atoms with Gasteiger partial charge in [0.25, 0.3) is 0 Å². The Morgan fingerprint density at radius 2 is 2.38 bits per heavy atom. The molecule has 1 fully saturated rings. The summed E-state index contributed by atoms with van der Waals surface area (Å²) in [6, 6.07) is 4.71. The number of carbonyl (C=O) groups excluding carboxylic acids is 1. The Morgan fingerprint density at radius 3 is 3.05 bits per heavy atom. The fraction of sp³-hybridized carbons (Fsp3) is 0.688. The predicted molar refractivity (Wildman–Crippen MR) is 88.8 cm³/mol. The van der Waals surface area contributed by atoms with Gasteiger partial charge in [-0.05, 0) is 58.3 Å². The molecule has 1 aliphatic rings. The van der Waals surface area contributed by atoms with E-state index in [0.29, 0.717) is 6.04 Å². The second-order valence-electron chi connectivity index (χ2n) is 6.05. The van der Waals surface area contributed by atoms with E-state index in [-0.39, 0.29) is 11.9 Å². The third-order valence-electron chi connectivity index (χ3n) is 4.34. The van der Waals surface area contributed by atoms with Gasteiger partial charge < -0.3 is 10.2 Å². The minimum atomic E-state index is -0.0314. The van der Waals surface area contributed by atoms with Crippen molar-refractivity contribution in [2.45, 2.75) is 38.3 Å². The Labute approximate surface area is 132 Å². The summed E-state index contributed by atoms with van der Waals surface area (Å²) in [5.41, 5.74) is 0. The molecular weight excluding hydrogens is 282 g/mol. The largest absolute Gasteiger partial charge is 0.354 e. The number of thiophene rings is 1. The Morgan fingerprint density at radius 1 is 1.57 bits per heavy atom. The van der Waals surface area contributed by atoms with Crippen molar-refractivity contribution in [1.82, 2.24) is 15.1 Å². The molecule has 1 aromatic rings. The number of likely N-dealkylation sites (tertiary alicyclic amines) is 1. The van der Waals surface area contributed by atoms with Crippen LogP contribution in [0.4, 0.5) is 0 Å². The molecule has 0 radical (unpaired) electrons. The predicted octanol–water partition coefficient (Wildman–Crippen LogP) is 1.82. The number of amides is 1. The van der Waals surface area contributed by atoms with E-state index in [1.807, 2.05) is 6.92 Å². The van der Waals surface area contributed by atoms with Crippen LogP contribution in [0.25, 0.3) is 0 Å². The van der Waals surface area contributed by atoms with Crippen molar-refractivity contribution in [3.05, 3.63) is 22.4 Å². The molecule has 0 aromatic carbocycles. The first-order valence-corrected chi connectivity index (χ1v) is 8.66. The van der Waals surface area contributed by atoms with E-state index < -0.39 is 0 Å². The maximum atomic E-state index is 12.3. The average molecular weight is 309 g/mol. The van der Waals surface area contributed by atoms with Gasteiger partial charge in [-0.25, -0.2) is 0 Å². The first kappa shape index (κ1) is 16.5. The van der Waals surface area contributed by atoms with Crippen LogP contribution in [-0.2, 0) is 11.2 Å². The zero-order valence-electron chi connectivity index (χ0n) is 13.3. The van der Waals surface area contributed by atoms with Crippen LogP contribution in [-0.4, -0.2) is 61.5 Å². The molecular formula is C16H27N3OS. The second kappa shape index (κ2) is 7.92. The van der Waals surface area contributed by atoms with E-state index in [2.05, 4.69) is 46.7 Å². The third-order valence-corrected chi connectivity index (χ3v) is 5.27. The monoisotopic (exact) mass is 309 g/mol. The lowest BCUT2D eigenvalue weighted by atomic mass is 10.0. The molecule has 0 spiro atoms. The zero-order valence-corrected chi connectivity index (χ0v) is 14.2. The molecule has 1 saturated heterocycles. The summed E-state index contributed by atoms with van der Waals surface area (Å²) in [4.78, 5) is 18.2. The standard InChI is InChI=1S/C16H27N3OS/c1-13(19-10-4-6-14(12-19)18(2)3)16(20)17-9-8-15-7-5-11-21-15/h5,7,11,13-14H,4,6,8-10,12H2,1-3H3,(H,17,20). The van der Waals surface area contributed by atoms with Crippen LogP contribution < -0.4 is 5.32 Å². The van der Waals surface area contributed by atoms with Crippen molar-refractivity contribution < 1.29 is 4.79 Å². The fourth-order valence-corrected chi connectivity index (χ4v) is 3.54. The molecule has 2 unspecified atom stereocenters. The lowest BCUT2D eigenvalue weighted by molar-refractivity contribution is -0.126. The molecule has 1 N–H and O–H groups in total. The molecule has 0 bridgehead atoms. The molecule has 0 saturated carbocycles. The highest BCUT2D eigenvalue weighted by molar-refractivity contribution is 7.09. The maximum Gasteiger partial charge on any atom is 0.237 e. The van der Waals surface area contributed by atoms with Gasteiger partial charge in [-0.15, -0.1) is 11.3 Å². The van der Waals surface area contributed by atoms with Gasteiger partial charge in [-0.3, -0.25) is 9.69 Å². The zero-order chi connectivity index (χ0) is 15.2. The summed E-state index contributed by atoms with van der Waals surface area (Å²) in [6.45, 7) is 4.78. The summed E-state index contributed by atoms with van der Waals surface area (Å²) < 4.78 is 0. The Balaban J connectivity index is 1.76. The van der Waals surface area contributed by atoms with Crippen LogP contribution in [0.15, 0.2) is 17.5 Å². The van der Waals surface area contributed by atoms with Crippen molar-refractivity contribution in [1.29, 1.82) is 0 Å². The molecule has 21 heavy (non-hydrogen) atoms. The van der Waals surface area contributed by atoms with Gasteiger partial charge in [-0.1, -0.05) is 6.07 Å².